The number of nitrogens with one attached hydrogen (secondary N) is 1. The van der Waals surface area contributed by atoms with Crippen molar-refractivity contribution in [3.8, 4) is 0 Å². The lowest BCUT2D eigenvalue weighted by Gasteiger charge is -2.39. The average molecular weight is 234 g/mol. The molecule has 0 spiro atoms. The predicted molar refractivity (Wildman–Crippen MR) is 71.6 cm³/mol. The number of aryl methyl sites for hydroxylation is 1. The molecule has 1 fully saturated rings. The molecule has 94 valence electrons. The molecule has 0 radical (unpaired) electrons. The molecule has 1 aliphatic rings. The highest BCUT2D eigenvalue weighted by Gasteiger charge is 2.25. The maximum absolute atomic E-state index is 6.04. The highest BCUT2D eigenvalue weighted by atomic mass is 15.5. The van der Waals surface area contributed by atoms with E-state index >= 15 is 0 Å². The molecule has 0 saturated carbocycles. The van der Waals surface area contributed by atoms with Crippen molar-refractivity contribution in [2.75, 3.05) is 11.2 Å². The number of pyridine rings is 1. The molecule has 17 heavy (non-hydrogen) atoms. The van der Waals surface area contributed by atoms with Crippen molar-refractivity contribution in [3.05, 3.63) is 17.8 Å². The molecule has 1 aliphatic heterocycles. The maximum atomic E-state index is 6.04. The Morgan fingerprint density at radius 1 is 1.35 bits per heavy atom. The second-order valence-electron chi connectivity index (χ2n) is 5.04. The van der Waals surface area contributed by atoms with Gasteiger partial charge in [-0.05, 0) is 45.2 Å². The summed E-state index contributed by atoms with van der Waals surface area (Å²) in [6.07, 6.45) is 5.55. The van der Waals surface area contributed by atoms with Crippen molar-refractivity contribution in [1.82, 2.24) is 9.99 Å². The molecule has 1 aromatic heterocycles. The van der Waals surface area contributed by atoms with Crippen LogP contribution in [0.3, 0.4) is 0 Å². The molecule has 0 bridgehead atoms. The van der Waals surface area contributed by atoms with Gasteiger partial charge in [0.05, 0.1) is 5.69 Å². The molecular formula is C13H22N4. The summed E-state index contributed by atoms with van der Waals surface area (Å²) in [6.45, 7) is 6.49. The minimum absolute atomic E-state index is 0.528. The van der Waals surface area contributed by atoms with Gasteiger partial charge in [0.25, 0.3) is 0 Å². The SMILES string of the molecule is Cc1ccnc(NN2C(C)CCCC2C)c1N. The van der Waals surface area contributed by atoms with Gasteiger partial charge < -0.3 is 11.2 Å². The van der Waals surface area contributed by atoms with Crippen LogP contribution in [0.25, 0.3) is 0 Å². The lowest BCUT2D eigenvalue weighted by molar-refractivity contribution is 0.135. The predicted octanol–water partition coefficient (Wildman–Crippen LogP) is 2.56. The summed E-state index contributed by atoms with van der Waals surface area (Å²) < 4.78 is 0. The zero-order valence-corrected chi connectivity index (χ0v) is 10.9. The Bertz CT molecular complexity index is 381. The normalized spacial score (nSPS) is 25.8. The third-order valence-corrected chi connectivity index (χ3v) is 3.64. The minimum Gasteiger partial charge on any atom is -0.395 e. The van der Waals surface area contributed by atoms with Crippen molar-refractivity contribution in [1.29, 1.82) is 0 Å². The number of hydrogen-bond donors (Lipinski definition) is 2. The van der Waals surface area contributed by atoms with Crippen LogP contribution in [0.4, 0.5) is 11.5 Å². The Morgan fingerprint density at radius 2 is 2.00 bits per heavy atom. The third kappa shape index (κ3) is 2.52. The highest BCUT2D eigenvalue weighted by Crippen LogP contribution is 2.25. The number of nitrogens with zero attached hydrogens (tertiary/aromatic N) is 2. The van der Waals surface area contributed by atoms with Crippen molar-refractivity contribution in [2.24, 2.45) is 0 Å². The molecule has 4 nitrogen and oxygen atoms in total. The molecule has 1 saturated heterocycles. The summed E-state index contributed by atoms with van der Waals surface area (Å²) >= 11 is 0. The topological polar surface area (TPSA) is 54.2 Å². The molecule has 2 unspecified atom stereocenters. The van der Waals surface area contributed by atoms with Gasteiger partial charge in [0, 0.05) is 18.3 Å². The van der Waals surface area contributed by atoms with Crippen LogP contribution in [-0.4, -0.2) is 22.1 Å². The Hall–Kier alpha value is -1.29. The second-order valence-corrected chi connectivity index (χ2v) is 5.04. The summed E-state index contributed by atoms with van der Waals surface area (Å²) in [5.74, 6) is 0.783. The number of rotatable bonds is 2. The maximum Gasteiger partial charge on any atom is 0.164 e. The second kappa shape index (κ2) is 4.92. The van der Waals surface area contributed by atoms with E-state index in [9.17, 15) is 0 Å². The van der Waals surface area contributed by atoms with Crippen molar-refractivity contribution in [2.45, 2.75) is 52.1 Å². The standard InChI is InChI=1S/C13H22N4/c1-9-7-8-15-13(12(9)14)16-17-10(2)5-4-6-11(17)3/h7-8,10-11H,4-6,14H2,1-3H3,(H,15,16). The summed E-state index contributed by atoms with van der Waals surface area (Å²) in [6, 6.07) is 2.99. The highest BCUT2D eigenvalue weighted by molar-refractivity contribution is 5.64. The number of nitrogens with two attached hydrogens (primary N) is 1. The van der Waals surface area contributed by atoms with Gasteiger partial charge in [-0.15, -0.1) is 0 Å². The largest absolute Gasteiger partial charge is 0.395 e. The van der Waals surface area contributed by atoms with Gasteiger partial charge in [-0.3, -0.25) is 0 Å². The molecule has 2 heterocycles. The number of aromatic nitrogens is 1. The Labute approximate surface area is 103 Å². The van der Waals surface area contributed by atoms with E-state index in [4.69, 9.17) is 5.73 Å². The molecule has 4 heteroatoms. The van der Waals surface area contributed by atoms with Gasteiger partial charge in [0.1, 0.15) is 0 Å². The zero-order chi connectivity index (χ0) is 12.4. The lowest BCUT2D eigenvalue weighted by Crippen LogP contribution is -2.47. The van der Waals surface area contributed by atoms with Gasteiger partial charge >= 0.3 is 0 Å². The molecular weight excluding hydrogens is 212 g/mol. The number of hydrazine groups is 1. The molecule has 1 aromatic rings. The Balaban J connectivity index is 2.16. The van der Waals surface area contributed by atoms with E-state index in [0.717, 1.165) is 17.1 Å². The van der Waals surface area contributed by atoms with Crippen LogP contribution in [0.15, 0.2) is 12.3 Å². The van der Waals surface area contributed by atoms with E-state index in [-0.39, 0.29) is 0 Å². The summed E-state index contributed by atoms with van der Waals surface area (Å²) in [4.78, 5) is 4.32. The average Bonchev–Trinajstić information content (AvgIpc) is 2.29. The molecule has 2 rings (SSSR count). The van der Waals surface area contributed by atoms with E-state index < -0.39 is 0 Å². The Morgan fingerprint density at radius 3 is 2.65 bits per heavy atom. The van der Waals surface area contributed by atoms with Gasteiger partial charge in [0.2, 0.25) is 0 Å². The fourth-order valence-corrected chi connectivity index (χ4v) is 2.42. The smallest absolute Gasteiger partial charge is 0.164 e. The van der Waals surface area contributed by atoms with Gasteiger partial charge in [0.15, 0.2) is 5.82 Å². The summed E-state index contributed by atoms with van der Waals surface area (Å²) in [5, 5.41) is 2.28. The zero-order valence-electron chi connectivity index (χ0n) is 10.9. The number of piperidine rings is 1. The van der Waals surface area contributed by atoms with Crippen LogP contribution in [0, 0.1) is 6.92 Å². The molecule has 0 aliphatic carbocycles. The Kier molecular flexibility index (Phi) is 3.52. The number of nitrogen functional groups attached to an aromatic ring is 1. The molecule has 0 aromatic carbocycles. The van der Waals surface area contributed by atoms with E-state index in [2.05, 4.69) is 29.3 Å². The van der Waals surface area contributed by atoms with E-state index in [0.29, 0.717) is 12.1 Å². The van der Waals surface area contributed by atoms with Crippen LogP contribution in [0.5, 0.6) is 0 Å². The van der Waals surface area contributed by atoms with Gasteiger partial charge in [-0.25, -0.2) is 9.99 Å². The van der Waals surface area contributed by atoms with Crippen LogP contribution in [0.1, 0.15) is 38.7 Å². The van der Waals surface area contributed by atoms with Gasteiger partial charge in [-0.2, -0.15) is 0 Å². The first kappa shape index (κ1) is 12.2. The van der Waals surface area contributed by atoms with Crippen LogP contribution in [0.2, 0.25) is 0 Å². The van der Waals surface area contributed by atoms with Crippen LogP contribution < -0.4 is 11.2 Å². The third-order valence-electron chi connectivity index (χ3n) is 3.64. The summed E-state index contributed by atoms with van der Waals surface area (Å²) in [7, 11) is 0. The van der Waals surface area contributed by atoms with E-state index in [1.807, 2.05) is 13.0 Å². The minimum atomic E-state index is 0.528. The van der Waals surface area contributed by atoms with Crippen LogP contribution in [-0.2, 0) is 0 Å². The number of anilines is 2. The van der Waals surface area contributed by atoms with E-state index in [1.54, 1.807) is 6.20 Å². The molecule has 2 atom stereocenters. The monoisotopic (exact) mass is 234 g/mol. The first-order chi connectivity index (χ1) is 8.09. The van der Waals surface area contributed by atoms with Crippen molar-refractivity contribution < 1.29 is 0 Å². The first-order valence-electron chi connectivity index (χ1n) is 6.35. The fourth-order valence-electron chi connectivity index (χ4n) is 2.42. The van der Waals surface area contributed by atoms with Crippen molar-refractivity contribution >= 4 is 11.5 Å². The number of hydrogen-bond acceptors (Lipinski definition) is 4. The molecule has 3 N–H and O–H groups in total. The van der Waals surface area contributed by atoms with E-state index in [1.165, 1.54) is 19.3 Å². The lowest BCUT2D eigenvalue weighted by atomic mass is 10.00. The first-order valence-corrected chi connectivity index (χ1v) is 6.35. The molecule has 0 amide bonds. The van der Waals surface area contributed by atoms with Gasteiger partial charge in [-0.1, -0.05) is 6.42 Å². The fraction of sp³-hybridized carbons (Fsp3) is 0.615. The quantitative estimate of drug-likeness (QED) is 0.825. The summed E-state index contributed by atoms with van der Waals surface area (Å²) in [5.41, 5.74) is 11.2. The van der Waals surface area contributed by atoms with Crippen molar-refractivity contribution in [3.63, 3.8) is 0 Å². The van der Waals surface area contributed by atoms with Crippen LogP contribution >= 0.6 is 0 Å².